The van der Waals surface area contributed by atoms with E-state index < -0.39 is 10.0 Å². The molecule has 1 aliphatic rings. The number of hydrogen-bond acceptors (Lipinski definition) is 4. The number of sulfonamides is 1. The van der Waals surface area contributed by atoms with Crippen LogP contribution in [0.2, 0.25) is 0 Å². The highest BCUT2D eigenvalue weighted by Gasteiger charge is 2.19. The molecular formula is C15H23N3O4S. The molecule has 8 heteroatoms. The molecule has 0 saturated carbocycles. The van der Waals surface area contributed by atoms with Crippen LogP contribution in [0.25, 0.3) is 0 Å². The maximum absolute atomic E-state index is 12.1. The average Bonchev–Trinajstić information content (AvgIpc) is 2.53. The van der Waals surface area contributed by atoms with Gasteiger partial charge in [0, 0.05) is 19.3 Å². The molecule has 23 heavy (non-hydrogen) atoms. The molecule has 1 unspecified atom stereocenters. The Morgan fingerprint density at radius 2 is 2.09 bits per heavy atom. The van der Waals surface area contributed by atoms with E-state index in [4.69, 9.17) is 9.88 Å². The van der Waals surface area contributed by atoms with Crippen molar-refractivity contribution in [3.8, 4) is 0 Å². The van der Waals surface area contributed by atoms with Crippen molar-refractivity contribution in [2.75, 3.05) is 13.2 Å². The Hall–Kier alpha value is -1.64. The summed E-state index contributed by atoms with van der Waals surface area (Å²) in [6.45, 7) is 3.22. The summed E-state index contributed by atoms with van der Waals surface area (Å²) in [6.07, 6.45) is 2.23. The van der Waals surface area contributed by atoms with Crippen LogP contribution in [0.5, 0.6) is 0 Å². The minimum absolute atomic E-state index is 0.0417. The molecular weight excluding hydrogens is 318 g/mol. The Balaban J connectivity index is 2.03. The van der Waals surface area contributed by atoms with Crippen LogP contribution in [-0.4, -0.2) is 33.7 Å². The first-order chi connectivity index (χ1) is 10.9. The molecule has 0 aromatic heterocycles. The van der Waals surface area contributed by atoms with Crippen LogP contribution in [0.3, 0.4) is 0 Å². The summed E-state index contributed by atoms with van der Waals surface area (Å²) < 4.78 is 28.2. The van der Waals surface area contributed by atoms with Crippen molar-refractivity contribution in [2.24, 2.45) is 5.14 Å². The maximum Gasteiger partial charge on any atom is 0.315 e. The van der Waals surface area contributed by atoms with Crippen LogP contribution < -0.4 is 15.8 Å². The largest absolute Gasteiger partial charge is 0.381 e. The fourth-order valence-corrected chi connectivity index (χ4v) is 3.13. The van der Waals surface area contributed by atoms with Gasteiger partial charge >= 0.3 is 6.03 Å². The van der Waals surface area contributed by atoms with E-state index in [0.29, 0.717) is 25.2 Å². The molecule has 128 valence electrons. The molecule has 2 amide bonds. The second kappa shape index (κ2) is 7.76. The van der Waals surface area contributed by atoms with Gasteiger partial charge in [-0.2, -0.15) is 0 Å². The first-order valence-corrected chi connectivity index (χ1v) is 9.22. The van der Waals surface area contributed by atoms with E-state index in [2.05, 4.69) is 10.6 Å². The zero-order valence-electron chi connectivity index (χ0n) is 13.1. The fourth-order valence-electron chi connectivity index (χ4n) is 2.56. The summed E-state index contributed by atoms with van der Waals surface area (Å²) in [5.41, 5.74) is 0.709. The van der Waals surface area contributed by atoms with Gasteiger partial charge in [0.2, 0.25) is 10.0 Å². The van der Waals surface area contributed by atoms with Gasteiger partial charge in [-0.1, -0.05) is 19.1 Å². The summed E-state index contributed by atoms with van der Waals surface area (Å²) in [4.78, 5) is 12.2. The molecule has 1 saturated heterocycles. The molecule has 1 aliphatic heterocycles. The third-order valence-electron chi connectivity index (χ3n) is 3.86. The molecule has 0 radical (unpaired) electrons. The van der Waals surface area contributed by atoms with Crippen LogP contribution in [0, 0.1) is 0 Å². The number of nitrogens with one attached hydrogen (secondary N) is 2. The van der Waals surface area contributed by atoms with Gasteiger partial charge in [-0.15, -0.1) is 0 Å². The van der Waals surface area contributed by atoms with E-state index in [-0.39, 0.29) is 23.0 Å². The molecule has 4 N–H and O–H groups in total. The van der Waals surface area contributed by atoms with Crippen LogP contribution in [0.15, 0.2) is 29.2 Å². The summed E-state index contributed by atoms with van der Waals surface area (Å²) in [5.74, 6) is 0. The Morgan fingerprint density at radius 1 is 1.39 bits per heavy atom. The standard InChI is InChI=1S/C15H23N3O4S/c1-2-14(11-4-3-5-13(10-11)23(16,20)21)18-15(19)17-12-6-8-22-9-7-12/h3-5,10,12,14H,2,6-9H2,1H3,(H2,16,20,21)(H2,17,18,19). The van der Waals surface area contributed by atoms with Crippen molar-refractivity contribution < 1.29 is 17.9 Å². The molecule has 2 rings (SSSR count). The summed E-state index contributed by atoms with van der Waals surface area (Å²) in [6, 6.07) is 5.90. The lowest BCUT2D eigenvalue weighted by molar-refractivity contribution is 0.0799. The molecule has 1 fully saturated rings. The molecule has 0 bridgehead atoms. The van der Waals surface area contributed by atoms with E-state index in [1.165, 1.54) is 12.1 Å². The SMILES string of the molecule is CCC(NC(=O)NC1CCOCC1)c1cccc(S(N)(=O)=O)c1. The van der Waals surface area contributed by atoms with Crippen LogP contribution in [0.1, 0.15) is 37.8 Å². The Kier molecular flexibility index (Phi) is 5.97. The summed E-state index contributed by atoms with van der Waals surface area (Å²) in [5, 5.41) is 11.0. The normalized spacial score (nSPS) is 17.5. The van der Waals surface area contributed by atoms with Crippen molar-refractivity contribution in [1.29, 1.82) is 0 Å². The first-order valence-electron chi connectivity index (χ1n) is 7.67. The van der Waals surface area contributed by atoms with Crippen molar-refractivity contribution in [3.05, 3.63) is 29.8 Å². The predicted molar refractivity (Wildman–Crippen MR) is 86.4 cm³/mol. The van der Waals surface area contributed by atoms with Crippen molar-refractivity contribution >= 4 is 16.1 Å². The van der Waals surface area contributed by atoms with Crippen molar-refractivity contribution in [1.82, 2.24) is 10.6 Å². The van der Waals surface area contributed by atoms with E-state index in [1.807, 2.05) is 6.92 Å². The summed E-state index contributed by atoms with van der Waals surface area (Å²) in [7, 11) is -3.76. The summed E-state index contributed by atoms with van der Waals surface area (Å²) >= 11 is 0. The number of urea groups is 1. The van der Waals surface area contributed by atoms with Gasteiger partial charge in [0.25, 0.3) is 0 Å². The molecule has 1 atom stereocenters. The molecule has 1 aromatic carbocycles. The maximum atomic E-state index is 12.1. The van der Waals surface area contributed by atoms with Gasteiger partial charge in [0.05, 0.1) is 10.9 Å². The van der Waals surface area contributed by atoms with Crippen LogP contribution >= 0.6 is 0 Å². The van der Waals surface area contributed by atoms with Gasteiger partial charge < -0.3 is 15.4 Å². The smallest absolute Gasteiger partial charge is 0.315 e. The first kappa shape index (κ1) is 17.7. The van der Waals surface area contributed by atoms with Crippen LogP contribution in [-0.2, 0) is 14.8 Å². The number of rotatable bonds is 5. The zero-order chi connectivity index (χ0) is 16.9. The molecule has 0 spiro atoms. The fraction of sp³-hybridized carbons (Fsp3) is 0.533. The third-order valence-corrected chi connectivity index (χ3v) is 4.77. The van der Waals surface area contributed by atoms with Crippen molar-refractivity contribution in [3.63, 3.8) is 0 Å². The quantitative estimate of drug-likeness (QED) is 0.749. The number of primary sulfonamides is 1. The predicted octanol–water partition coefficient (Wildman–Crippen LogP) is 1.26. The van der Waals surface area contributed by atoms with Crippen molar-refractivity contribution in [2.45, 2.75) is 43.2 Å². The van der Waals surface area contributed by atoms with E-state index in [9.17, 15) is 13.2 Å². The number of amides is 2. The van der Waals surface area contributed by atoms with E-state index >= 15 is 0 Å². The average molecular weight is 341 g/mol. The minimum Gasteiger partial charge on any atom is -0.381 e. The number of benzene rings is 1. The van der Waals surface area contributed by atoms with Gasteiger partial charge in [-0.05, 0) is 37.0 Å². The van der Waals surface area contributed by atoms with Gasteiger partial charge in [-0.25, -0.2) is 18.4 Å². The number of nitrogens with two attached hydrogens (primary N) is 1. The van der Waals surface area contributed by atoms with Crippen LogP contribution in [0.4, 0.5) is 4.79 Å². The number of ether oxygens (including phenoxy) is 1. The highest BCUT2D eigenvalue weighted by Crippen LogP contribution is 2.19. The topological polar surface area (TPSA) is 111 Å². The molecule has 0 aliphatic carbocycles. The van der Waals surface area contributed by atoms with Gasteiger partial charge in [0.1, 0.15) is 0 Å². The Morgan fingerprint density at radius 3 is 2.70 bits per heavy atom. The molecule has 7 nitrogen and oxygen atoms in total. The van der Waals surface area contributed by atoms with Gasteiger partial charge in [0.15, 0.2) is 0 Å². The number of hydrogen-bond donors (Lipinski definition) is 3. The minimum atomic E-state index is -3.76. The Labute approximate surface area is 136 Å². The Bertz CT molecular complexity index is 642. The lowest BCUT2D eigenvalue weighted by Gasteiger charge is -2.25. The number of carbonyl (C=O) groups is 1. The third kappa shape index (κ3) is 5.19. The number of carbonyl (C=O) groups excluding carboxylic acids is 1. The van der Waals surface area contributed by atoms with Gasteiger partial charge in [-0.3, -0.25) is 0 Å². The zero-order valence-corrected chi connectivity index (χ0v) is 13.9. The monoisotopic (exact) mass is 341 g/mol. The second-order valence-electron chi connectivity index (χ2n) is 5.58. The lowest BCUT2D eigenvalue weighted by Crippen LogP contribution is -2.45. The lowest BCUT2D eigenvalue weighted by atomic mass is 10.0. The van der Waals surface area contributed by atoms with E-state index in [0.717, 1.165) is 12.8 Å². The highest BCUT2D eigenvalue weighted by molar-refractivity contribution is 7.89. The van der Waals surface area contributed by atoms with E-state index in [1.54, 1.807) is 12.1 Å². The molecule has 1 aromatic rings. The second-order valence-corrected chi connectivity index (χ2v) is 7.14. The highest BCUT2D eigenvalue weighted by atomic mass is 32.2. The molecule has 1 heterocycles.